The van der Waals surface area contributed by atoms with E-state index in [1.165, 1.54) is 4.90 Å². The molecule has 5 atom stereocenters. The molecular formula is C44H56N8O8. The molecule has 320 valence electrons. The smallest absolute Gasteiger partial charge is 0.408 e. The van der Waals surface area contributed by atoms with E-state index < -0.39 is 72.0 Å². The lowest BCUT2D eigenvalue weighted by Crippen LogP contribution is -2.69. The van der Waals surface area contributed by atoms with Gasteiger partial charge in [0.1, 0.15) is 17.7 Å². The first-order valence-electron chi connectivity index (χ1n) is 20.1. The molecule has 1 aliphatic heterocycles. The van der Waals surface area contributed by atoms with Gasteiger partial charge in [0.25, 0.3) is 0 Å². The number of aliphatic carboxylic acids is 1. The van der Waals surface area contributed by atoms with E-state index in [0.29, 0.717) is 31.5 Å². The summed E-state index contributed by atoms with van der Waals surface area (Å²) in [5.41, 5.74) is 9.03. The summed E-state index contributed by atoms with van der Waals surface area (Å²) in [4.78, 5) is 83.9. The lowest BCUT2D eigenvalue weighted by molar-refractivity contribution is -0.149. The molecule has 16 heteroatoms. The number of primary amides is 1. The van der Waals surface area contributed by atoms with Crippen LogP contribution in [0.15, 0.2) is 85.1 Å². The van der Waals surface area contributed by atoms with E-state index in [4.69, 9.17) is 10.5 Å². The predicted molar refractivity (Wildman–Crippen MR) is 227 cm³/mol. The van der Waals surface area contributed by atoms with Gasteiger partial charge >= 0.3 is 18.1 Å². The minimum absolute atomic E-state index is 0.0902. The van der Waals surface area contributed by atoms with Crippen LogP contribution in [0.25, 0.3) is 10.9 Å². The summed E-state index contributed by atoms with van der Waals surface area (Å²) in [7, 11) is 0. The van der Waals surface area contributed by atoms with Crippen LogP contribution >= 0.6 is 0 Å². The zero-order chi connectivity index (χ0) is 43.4. The number of aromatic amines is 1. The Morgan fingerprint density at radius 2 is 1.63 bits per heavy atom. The number of nitrogens with one attached hydrogen (secondary N) is 6. The second-order valence-electron chi connectivity index (χ2n) is 16.1. The molecule has 0 spiro atoms. The van der Waals surface area contributed by atoms with Gasteiger partial charge in [0, 0.05) is 60.8 Å². The van der Waals surface area contributed by atoms with Crippen LogP contribution in [-0.2, 0) is 36.8 Å². The summed E-state index contributed by atoms with van der Waals surface area (Å²) in [5, 5.41) is 25.4. The SMILES string of the molecule is Cc1ccccc1NC(=O)NCCCC[C@H](NC(=O)[C@H](Cc1c[nH]c2ccccc12)NC(=O)OC(C)(C)C)[C@H]1CN([C@@H](Cc2ccccc2)C(N)=O)C(=O)[C@H](CC(=O)O)N1. The highest BCUT2D eigenvalue weighted by molar-refractivity contribution is 5.93. The molecule has 0 aliphatic carbocycles. The van der Waals surface area contributed by atoms with Crippen molar-refractivity contribution in [1.29, 1.82) is 0 Å². The topological polar surface area (TPSA) is 237 Å². The number of ether oxygens (including phenoxy) is 1. The number of rotatable bonds is 18. The number of nitrogens with two attached hydrogens (primary N) is 1. The highest BCUT2D eigenvalue weighted by atomic mass is 16.6. The molecule has 0 bridgehead atoms. The average molecular weight is 825 g/mol. The van der Waals surface area contributed by atoms with Crippen LogP contribution in [0.5, 0.6) is 0 Å². The van der Waals surface area contributed by atoms with Gasteiger partial charge in [-0.3, -0.25) is 24.5 Å². The van der Waals surface area contributed by atoms with Crippen LogP contribution in [0, 0.1) is 6.92 Å². The molecular weight excluding hydrogens is 769 g/mol. The zero-order valence-corrected chi connectivity index (χ0v) is 34.5. The number of alkyl carbamates (subject to hydrolysis) is 1. The van der Waals surface area contributed by atoms with E-state index in [0.717, 1.165) is 27.6 Å². The van der Waals surface area contributed by atoms with Crippen molar-refractivity contribution in [3.63, 3.8) is 0 Å². The van der Waals surface area contributed by atoms with E-state index in [1.54, 1.807) is 57.3 Å². The lowest BCUT2D eigenvalue weighted by Gasteiger charge is -2.44. The number of carbonyl (C=O) groups is 6. The number of carbonyl (C=O) groups excluding carboxylic acids is 5. The number of hydrogen-bond acceptors (Lipinski definition) is 8. The number of hydrogen-bond donors (Lipinski definition) is 8. The fraction of sp³-hybridized carbons (Fsp3) is 0.409. The third-order valence-corrected chi connectivity index (χ3v) is 10.3. The summed E-state index contributed by atoms with van der Waals surface area (Å²) in [5.74, 6) is -3.16. The van der Waals surface area contributed by atoms with Gasteiger partial charge in [-0.25, -0.2) is 9.59 Å². The van der Waals surface area contributed by atoms with Crippen molar-refractivity contribution in [3.8, 4) is 0 Å². The van der Waals surface area contributed by atoms with Gasteiger partial charge in [-0.2, -0.15) is 0 Å². The Balaban J connectivity index is 1.41. The van der Waals surface area contributed by atoms with E-state index in [9.17, 15) is 33.9 Å². The van der Waals surface area contributed by atoms with Crippen LogP contribution in [0.4, 0.5) is 15.3 Å². The molecule has 1 aromatic heterocycles. The van der Waals surface area contributed by atoms with Crippen LogP contribution in [0.3, 0.4) is 0 Å². The average Bonchev–Trinajstić information content (AvgIpc) is 3.60. The quantitative estimate of drug-likeness (QED) is 0.0673. The summed E-state index contributed by atoms with van der Waals surface area (Å²) in [6.45, 7) is 7.23. The van der Waals surface area contributed by atoms with E-state index in [1.807, 2.05) is 55.5 Å². The standard InChI is InChI=1S/C44H56N8O8/c1-27-14-8-10-18-31(27)50-42(58)46-21-13-12-20-33(36-26-52(41(57)35(48-36)24-38(53)54)37(39(45)55)22-28-15-6-5-7-16-28)49-40(56)34(51-43(59)60-44(2,3)4)23-29-25-47-32-19-11-9-17-30(29)32/h5-11,14-19,25,33-37,47-48H,12-13,20-24,26H2,1-4H3,(H2,45,55)(H,49,56)(H,51,59)(H,53,54)(H2,46,50,58)/t33-,34-,35-,36+,37-/m0/s1. The van der Waals surface area contributed by atoms with Gasteiger partial charge in [-0.1, -0.05) is 66.7 Å². The number of aryl methyl sites for hydroxylation is 1. The molecule has 9 N–H and O–H groups in total. The summed E-state index contributed by atoms with van der Waals surface area (Å²) in [6, 6.07) is 18.6. The number of aromatic nitrogens is 1. The number of benzene rings is 3. The Kier molecular flexibility index (Phi) is 15.3. The minimum atomic E-state index is -1.24. The third kappa shape index (κ3) is 12.8. The number of carboxylic acids is 1. The lowest BCUT2D eigenvalue weighted by atomic mass is 9.93. The number of nitrogens with zero attached hydrogens (tertiary/aromatic N) is 1. The highest BCUT2D eigenvalue weighted by Gasteiger charge is 2.43. The van der Waals surface area contributed by atoms with Crippen molar-refractivity contribution in [3.05, 3.63) is 102 Å². The number of H-pyrrole nitrogens is 1. The molecule has 60 heavy (non-hydrogen) atoms. The predicted octanol–water partition coefficient (Wildman–Crippen LogP) is 4.13. The second-order valence-corrected chi connectivity index (χ2v) is 16.1. The summed E-state index contributed by atoms with van der Waals surface area (Å²) in [6.07, 6.45) is 1.84. The maximum Gasteiger partial charge on any atom is 0.408 e. The fourth-order valence-electron chi connectivity index (χ4n) is 7.34. The zero-order valence-electron chi connectivity index (χ0n) is 34.5. The Morgan fingerprint density at radius 3 is 2.33 bits per heavy atom. The number of urea groups is 1. The summed E-state index contributed by atoms with van der Waals surface area (Å²) >= 11 is 0. The normalized spacial score (nSPS) is 16.9. The van der Waals surface area contributed by atoms with E-state index in [-0.39, 0.29) is 25.4 Å². The first kappa shape index (κ1) is 44.7. The van der Waals surface area contributed by atoms with Crippen LogP contribution in [0.1, 0.15) is 63.1 Å². The van der Waals surface area contributed by atoms with E-state index in [2.05, 4.69) is 31.6 Å². The van der Waals surface area contributed by atoms with Gasteiger partial charge in [-0.15, -0.1) is 0 Å². The number of piperazine rings is 1. The number of anilines is 1. The molecule has 4 aromatic rings. The molecule has 1 fully saturated rings. The van der Waals surface area contributed by atoms with Gasteiger partial charge < -0.3 is 46.7 Å². The Hall–Kier alpha value is -6.42. The molecule has 2 heterocycles. The first-order valence-corrected chi connectivity index (χ1v) is 20.1. The molecule has 1 saturated heterocycles. The van der Waals surface area contributed by atoms with Crippen molar-refractivity contribution in [2.75, 3.05) is 18.4 Å². The maximum absolute atomic E-state index is 14.5. The number of carboxylic acid groups (broad SMARTS) is 1. The van der Waals surface area contributed by atoms with Crippen LogP contribution in [-0.4, -0.2) is 99.7 Å². The van der Waals surface area contributed by atoms with Crippen molar-refractivity contribution >= 4 is 52.4 Å². The van der Waals surface area contributed by atoms with Crippen molar-refractivity contribution < 1.29 is 38.6 Å². The largest absolute Gasteiger partial charge is 0.481 e. The Labute approximate surface area is 349 Å². The minimum Gasteiger partial charge on any atom is -0.481 e. The number of fused-ring (bicyclic) bond motifs is 1. The Bertz CT molecular complexity index is 2130. The maximum atomic E-state index is 14.5. The first-order chi connectivity index (χ1) is 28.6. The monoisotopic (exact) mass is 824 g/mol. The van der Waals surface area contributed by atoms with Crippen molar-refractivity contribution in [2.24, 2.45) is 5.73 Å². The number of unbranched alkanes of at least 4 members (excludes halogenated alkanes) is 1. The Morgan fingerprint density at radius 1 is 0.933 bits per heavy atom. The molecule has 6 amide bonds. The molecule has 16 nitrogen and oxygen atoms in total. The molecule has 0 unspecified atom stereocenters. The van der Waals surface area contributed by atoms with Gasteiger partial charge in [0.05, 0.1) is 12.5 Å². The van der Waals surface area contributed by atoms with Crippen LogP contribution < -0.4 is 32.3 Å². The van der Waals surface area contributed by atoms with E-state index >= 15 is 0 Å². The van der Waals surface area contributed by atoms with Gasteiger partial charge in [-0.05, 0) is 75.8 Å². The second kappa shape index (κ2) is 20.5. The third-order valence-electron chi connectivity index (χ3n) is 10.3. The summed E-state index contributed by atoms with van der Waals surface area (Å²) < 4.78 is 5.54. The van der Waals surface area contributed by atoms with Gasteiger partial charge in [0.15, 0.2) is 0 Å². The molecule has 1 aliphatic rings. The molecule has 0 saturated carbocycles. The molecule has 5 rings (SSSR count). The number of para-hydroxylation sites is 2. The number of amides is 6. The molecule has 0 radical (unpaired) electrons. The van der Waals surface area contributed by atoms with Gasteiger partial charge in [0.2, 0.25) is 17.7 Å². The van der Waals surface area contributed by atoms with Crippen LogP contribution in [0.2, 0.25) is 0 Å². The van der Waals surface area contributed by atoms with Crippen molar-refractivity contribution in [2.45, 2.75) is 102 Å². The highest BCUT2D eigenvalue weighted by Crippen LogP contribution is 2.23. The fourth-order valence-corrected chi connectivity index (χ4v) is 7.34. The molecule has 3 aromatic carbocycles. The van der Waals surface area contributed by atoms with Crippen molar-refractivity contribution in [1.82, 2.24) is 31.2 Å².